The standard InChI is InChI=1S/C57H75N11O12S2/c1-32(2)24-46(57(79)80)66-55(77)47(31-69)67-56(78)48-14-9-21-68(48)49(71)30-61-51(73)44(26-34-28-59-40-12-7-5-10-37(34)40)64-53(75)43(25-33-15-17-36(70)18-16-33)63-54(76)45(27-35-29-60-41-13-8-6-11-38(35)41)65-52(74)42(20-23-82-4)62-50(72)39(58)19-22-81-3/h5-8,10-13,15-18,28-29,32,39,42-48,59-60,69-70H,9,14,19-27,30-31,58H2,1-4H3,(H,61,73)(H,62,72)(H,63,76)(H,64,75)(H,65,74)(H,66,77)(H,67,78)(H,79,80)/t39-,42-,43-,44-,45-,46-,47-,48-/m0/s1. The number of rotatable bonds is 31. The van der Waals surface area contributed by atoms with Gasteiger partial charge >= 0.3 is 5.97 Å². The second-order valence-corrected chi connectivity index (χ2v) is 22.6. The van der Waals surface area contributed by atoms with Crippen LogP contribution in [0.3, 0.4) is 0 Å². The number of H-pyrrole nitrogens is 2. The number of amides is 8. The van der Waals surface area contributed by atoms with Gasteiger partial charge in [0, 0.05) is 60.0 Å². The number of carboxylic acids is 1. The molecular formula is C57H75N11O12S2. The SMILES string of the molecule is CSCC[C@H](NC(=O)[C@@H](N)CCSC)C(=O)N[C@@H](Cc1c[nH]c2ccccc12)C(=O)N[C@@H](Cc1ccc(O)cc1)C(=O)N[C@@H](Cc1c[nH]c2ccccc12)C(=O)NCC(=O)N1CCC[C@H]1C(=O)N[C@@H](CO)C(=O)N[C@@H](CC(C)C)C(=O)O. The maximum Gasteiger partial charge on any atom is 0.326 e. The number of likely N-dealkylation sites (tertiary alicyclic amines) is 1. The molecule has 6 rings (SSSR count). The number of hydrogen-bond donors (Lipinski definition) is 13. The van der Waals surface area contributed by atoms with Crippen molar-refractivity contribution < 1.29 is 58.5 Å². The summed E-state index contributed by atoms with van der Waals surface area (Å²) in [7, 11) is 0. The zero-order valence-corrected chi connectivity index (χ0v) is 48.0. The molecule has 8 amide bonds. The molecule has 0 aliphatic carbocycles. The van der Waals surface area contributed by atoms with E-state index in [2.05, 4.69) is 47.2 Å². The van der Waals surface area contributed by atoms with Crippen molar-refractivity contribution in [1.29, 1.82) is 0 Å². The molecule has 0 unspecified atom stereocenters. The van der Waals surface area contributed by atoms with Crippen molar-refractivity contribution in [2.45, 2.75) is 114 Å². The summed E-state index contributed by atoms with van der Waals surface area (Å²) in [6.45, 7) is 2.16. The van der Waals surface area contributed by atoms with Crippen LogP contribution in [0.15, 0.2) is 85.2 Å². The lowest BCUT2D eigenvalue weighted by Crippen LogP contribution is -2.60. The Kier molecular flexibility index (Phi) is 24.0. The number of nitrogens with one attached hydrogen (secondary N) is 9. The quantitative estimate of drug-likeness (QED) is 0.0298. The van der Waals surface area contributed by atoms with Crippen LogP contribution in [0.1, 0.15) is 62.6 Å². The Balaban J connectivity index is 1.25. The number of hydrogen-bond acceptors (Lipinski definition) is 14. The number of fused-ring (bicyclic) bond motifs is 2. The van der Waals surface area contributed by atoms with E-state index >= 15 is 0 Å². The molecule has 3 aromatic carbocycles. The van der Waals surface area contributed by atoms with E-state index in [1.54, 1.807) is 44.4 Å². The summed E-state index contributed by atoms with van der Waals surface area (Å²) in [6, 6.07) is 10.6. The van der Waals surface area contributed by atoms with Crippen molar-refractivity contribution in [1.82, 2.24) is 52.1 Å². The number of nitrogens with zero attached hydrogens (tertiary/aromatic N) is 1. The zero-order valence-electron chi connectivity index (χ0n) is 46.3. The minimum absolute atomic E-state index is 0.0561. The average molecular weight is 1170 g/mol. The predicted octanol–water partition coefficient (Wildman–Crippen LogP) is 1.36. The normalized spacial score (nSPS) is 15.8. The largest absolute Gasteiger partial charge is 0.508 e. The lowest BCUT2D eigenvalue weighted by Gasteiger charge is -2.28. The lowest BCUT2D eigenvalue weighted by molar-refractivity contribution is -0.143. The Morgan fingerprint density at radius 2 is 1.13 bits per heavy atom. The Bertz CT molecular complexity index is 3030. The first-order valence-corrected chi connectivity index (χ1v) is 29.9. The fourth-order valence-electron chi connectivity index (χ4n) is 9.66. The number of carbonyl (C=O) groups is 9. The summed E-state index contributed by atoms with van der Waals surface area (Å²) in [5.41, 5.74) is 9.49. The van der Waals surface area contributed by atoms with Gasteiger partial charge in [0.05, 0.1) is 19.2 Å². The number of nitrogens with two attached hydrogens (primary N) is 1. The summed E-state index contributed by atoms with van der Waals surface area (Å²) in [5.74, 6) is -6.30. The van der Waals surface area contributed by atoms with E-state index < -0.39 is 115 Å². The summed E-state index contributed by atoms with van der Waals surface area (Å²) in [4.78, 5) is 132. The molecule has 442 valence electrons. The average Bonchev–Trinajstić information content (AvgIpc) is 4.35. The third kappa shape index (κ3) is 17.9. The van der Waals surface area contributed by atoms with E-state index in [9.17, 15) is 58.5 Å². The van der Waals surface area contributed by atoms with E-state index in [-0.39, 0.29) is 56.7 Å². The molecule has 1 aliphatic rings. The van der Waals surface area contributed by atoms with Gasteiger partial charge in [0.25, 0.3) is 0 Å². The van der Waals surface area contributed by atoms with Crippen LogP contribution in [0.2, 0.25) is 0 Å². The molecule has 2 aromatic heterocycles. The first kappa shape index (κ1) is 63.6. The second-order valence-electron chi connectivity index (χ2n) is 20.6. The van der Waals surface area contributed by atoms with Gasteiger partial charge in [-0.05, 0) is 103 Å². The molecule has 1 aliphatic heterocycles. The molecule has 0 radical (unpaired) electrons. The van der Waals surface area contributed by atoms with Crippen LogP contribution in [-0.2, 0) is 62.4 Å². The fourth-order valence-corrected chi connectivity index (χ4v) is 10.6. The van der Waals surface area contributed by atoms with E-state index in [0.29, 0.717) is 41.0 Å². The molecule has 0 bridgehead atoms. The Labute approximate surface area is 483 Å². The van der Waals surface area contributed by atoms with Crippen LogP contribution in [0.25, 0.3) is 21.8 Å². The first-order valence-electron chi connectivity index (χ1n) is 27.1. The molecule has 1 fully saturated rings. The fraction of sp³-hybridized carbons (Fsp3) is 0.456. The number of benzene rings is 3. The number of thioether (sulfide) groups is 2. The van der Waals surface area contributed by atoms with Gasteiger partial charge in [-0.2, -0.15) is 23.5 Å². The minimum atomic E-state index is -1.53. The number of aliphatic carboxylic acids is 1. The van der Waals surface area contributed by atoms with Crippen molar-refractivity contribution in [2.24, 2.45) is 11.7 Å². The number of aliphatic hydroxyl groups is 1. The highest BCUT2D eigenvalue weighted by Crippen LogP contribution is 2.23. The van der Waals surface area contributed by atoms with E-state index in [4.69, 9.17) is 5.73 Å². The van der Waals surface area contributed by atoms with Crippen LogP contribution in [0.5, 0.6) is 5.75 Å². The first-order chi connectivity index (χ1) is 39.3. The maximum atomic E-state index is 14.9. The van der Waals surface area contributed by atoms with Crippen LogP contribution in [0.4, 0.5) is 0 Å². The van der Waals surface area contributed by atoms with Crippen LogP contribution < -0.4 is 43.0 Å². The van der Waals surface area contributed by atoms with Gasteiger partial charge in [-0.25, -0.2) is 4.79 Å². The number of para-hydroxylation sites is 2. The Morgan fingerprint density at radius 3 is 1.68 bits per heavy atom. The number of carboxylic acid groups (broad SMARTS) is 1. The number of aromatic nitrogens is 2. The molecule has 0 saturated carbocycles. The summed E-state index contributed by atoms with van der Waals surface area (Å²) in [5, 5.41) is 50.1. The molecule has 1 saturated heterocycles. The van der Waals surface area contributed by atoms with Crippen molar-refractivity contribution in [3.8, 4) is 5.75 Å². The smallest absolute Gasteiger partial charge is 0.326 e. The third-order valence-electron chi connectivity index (χ3n) is 14.1. The van der Waals surface area contributed by atoms with Crippen molar-refractivity contribution >= 4 is 98.6 Å². The highest BCUT2D eigenvalue weighted by molar-refractivity contribution is 7.98. The van der Waals surface area contributed by atoms with Gasteiger partial charge in [-0.15, -0.1) is 0 Å². The van der Waals surface area contributed by atoms with Crippen LogP contribution in [0, 0.1) is 5.92 Å². The number of aromatic hydroxyl groups is 1. The predicted molar refractivity (Wildman–Crippen MR) is 313 cm³/mol. The number of aliphatic hydroxyl groups excluding tert-OH is 1. The highest BCUT2D eigenvalue weighted by atomic mass is 32.2. The molecule has 14 N–H and O–H groups in total. The van der Waals surface area contributed by atoms with Gasteiger partial charge in [0.15, 0.2) is 0 Å². The van der Waals surface area contributed by atoms with Crippen molar-refractivity contribution in [3.05, 3.63) is 102 Å². The summed E-state index contributed by atoms with van der Waals surface area (Å²) >= 11 is 2.99. The summed E-state index contributed by atoms with van der Waals surface area (Å²) in [6.07, 6.45) is 8.04. The van der Waals surface area contributed by atoms with Crippen molar-refractivity contribution in [3.63, 3.8) is 0 Å². The topological polar surface area (TPSA) is 359 Å². The van der Waals surface area contributed by atoms with E-state index in [0.717, 1.165) is 21.8 Å². The molecule has 5 aromatic rings. The molecule has 23 nitrogen and oxygen atoms in total. The maximum absolute atomic E-state index is 14.9. The van der Waals surface area contributed by atoms with Crippen LogP contribution in [-0.4, -0.2) is 175 Å². The Morgan fingerprint density at radius 1 is 0.634 bits per heavy atom. The van der Waals surface area contributed by atoms with Gasteiger partial charge in [0.1, 0.15) is 48.0 Å². The molecule has 0 spiro atoms. The number of phenols is 1. The molecule has 25 heteroatoms. The molecule has 82 heavy (non-hydrogen) atoms. The van der Waals surface area contributed by atoms with Gasteiger partial charge in [0.2, 0.25) is 47.3 Å². The van der Waals surface area contributed by atoms with Gasteiger partial charge < -0.3 is 73.1 Å². The minimum Gasteiger partial charge on any atom is -0.508 e. The van der Waals surface area contributed by atoms with E-state index in [1.165, 1.54) is 40.6 Å². The number of carbonyl (C=O) groups excluding carboxylic acids is 8. The highest BCUT2D eigenvalue weighted by Gasteiger charge is 2.38. The third-order valence-corrected chi connectivity index (χ3v) is 15.4. The summed E-state index contributed by atoms with van der Waals surface area (Å²) < 4.78 is 0. The Hall–Kier alpha value is -7.61. The molecule has 3 heterocycles. The lowest BCUT2D eigenvalue weighted by atomic mass is 10.00. The van der Waals surface area contributed by atoms with Gasteiger partial charge in [-0.3, -0.25) is 38.4 Å². The monoisotopic (exact) mass is 1170 g/mol. The van der Waals surface area contributed by atoms with Crippen LogP contribution >= 0.6 is 23.5 Å². The molecular weight excluding hydrogens is 1090 g/mol. The van der Waals surface area contributed by atoms with Gasteiger partial charge in [-0.1, -0.05) is 62.4 Å². The van der Waals surface area contributed by atoms with E-state index in [1.807, 2.05) is 55.0 Å². The zero-order chi connectivity index (χ0) is 59.5. The number of phenolic OH excluding ortho intramolecular Hbond substituents is 1. The molecule has 8 atom stereocenters. The van der Waals surface area contributed by atoms with Crippen molar-refractivity contribution in [2.75, 3.05) is 43.7 Å². The second kappa shape index (κ2) is 31.0. The number of aromatic amines is 2.